The molecule has 1 saturated heterocycles. The summed E-state index contributed by atoms with van der Waals surface area (Å²) in [6.45, 7) is 2.94. The van der Waals surface area contributed by atoms with Gasteiger partial charge >= 0.3 is 0 Å². The maximum atomic E-state index is 13.3. The Labute approximate surface area is 174 Å². The fourth-order valence-electron chi connectivity index (χ4n) is 4.51. The Morgan fingerprint density at radius 2 is 1.97 bits per heavy atom. The van der Waals surface area contributed by atoms with Crippen molar-refractivity contribution in [3.8, 4) is 5.69 Å². The lowest BCUT2D eigenvalue weighted by atomic mass is 9.98. The van der Waals surface area contributed by atoms with Gasteiger partial charge in [0, 0.05) is 29.7 Å². The molecule has 0 spiro atoms. The van der Waals surface area contributed by atoms with Crippen LogP contribution < -0.4 is 5.56 Å². The number of amides is 1. The highest BCUT2D eigenvalue weighted by Crippen LogP contribution is 2.26. The summed E-state index contributed by atoms with van der Waals surface area (Å²) in [6.07, 6.45) is 5.87. The number of hydrogen-bond acceptors (Lipinski definition) is 3. The van der Waals surface area contributed by atoms with E-state index in [1.165, 1.54) is 11.1 Å². The van der Waals surface area contributed by atoms with Crippen LogP contribution in [0.5, 0.6) is 0 Å². The second kappa shape index (κ2) is 7.44. The Balaban J connectivity index is 1.64. The summed E-state index contributed by atoms with van der Waals surface area (Å²) in [5.74, 6) is 0.0605. The molecular formula is C24H24N4O2. The minimum atomic E-state index is -0.149. The topological polar surface area (TPSA) is 71.0 Å². The average Bonchev–Trinajstić information content (AvgIpc) is 3.15. The summed E-state index contributed by atoms with van der Waals surface area (Å²) in [5, 5.41) is 4.53. The highest BCUT2D eigenvalue weighted by atomic mass is 16.2. The number of H-pyrrole nitrogens is 1. The number of carbonyl (C=O) groups is 1. The first kappa shape index (κ1) is 18.6. The normalized spacial score (nSPS) is 17.0. The van der Waals surface area contributed by atoms with Crippen molar-refractivity contribution in [3.05, 3.63) is 70.6 Å². The van der Waals surface area contributed by atoms with Crippen LogP contribution in [-0.4, -0.2) is 38.2 Å². The monoisotopic (exact) mass is 400 g/mol. The number of rotatable bonds is 3. The van der Waals surface area contributed by atoms with Crippen molar-refractivity contribution < 1.29 is 4.79 Å². The Morgan fingerprint density at radius 3 is 2.77 bits per heavy atom. The lowest BCUT2D eigenvalue weighted by Crippen LogP contribution is -2.43. The third-order valence-corrected chi connectivity index (χ3v) is 6.15. The molecule has 2 aromatic heterocycles. The number of fused-ring (bicyclic) bond motifs is 3. The number of nitrogens with zero attached hydrogens (tertiary/aromatic N) is 3. The summed E-state index contributed by atoms with van der Waals surface area (Å²) in [4.78, 5) is 32.7. The minimum Gasteiger partial charge on any atom is -0.336 e. The third-order valence-electron chi connectivity index (χ3n) is 6.15. The second-order valence-corrected chi connectivity index (χ2v) is 7.92. The maximum absolute atomic E-state index is 13.3. The van der Waals surface area contributed by atoms with Crippen molar-refractivity contribution in [1.82, 2.24) is 19.7 Å². The van der Waals surface area contributed by atoms with E-state index in [1.807, 2.05) is 53.4 Å². The summed E-state index contributed by atoms with van der Waals surface area (Å²) < 4.78 is 1.53. The average molecular weight is 400 g/mol. The largest absolute Gasteiger partial charge is 0.336 e. The van der Waals surface area contributed by atoms with Gasteiger partial charge in [0.05, 0.1) is 22.1 Å². The number of aromatic amines is 1. The highest BCUT2D eigenvalue weighted by molar-refractivity contribution is 6.06. The van der Waals surface area contributed by atoms with Crippen LogP contribution in [0.2, 0.25) is 0 Å². The van der Waals surface area contributed by atoms with Crippen LogP contribution in [0.25, 0.3) is 27.5 Å². The number of benzene rings is 2. The zero-order chi connectivity index (χ0) is 20.7. The molecule has 0 saturated carbocycles. The standard InChI is InChI=1S/C24H24N4O2/c1-2-17-8-6-7-13-27(17)23(29)16-11-12-21-19(14-16)22-20(15-25-21)24(30)28(26-22)18-9-4-3-5-10-18/h3-5,9-12,14-15,17,26H,2,6-8,13H2,1H3/t17-/m0/s1. The van der Waals surface area contributed by atoms with Crippen molar-refractivity contribution in [2.75, 3.05) is 6.54 Å². The van der Waals surface area contributed by atoms with Crippen LogP contribution in [0.3, 0.4) is 0 Å². The number of aromatic nitrogens is 3. The smallest absolute Gasteiger partial charge is 0.280 e. The van der Waals surface area contributed by atoms with Crippen molar-refractivity contribution in [3.63, 3.8) is 0 Å². The number of likely N-dealkylation sites (tertiary alicyclic amines) is 1. The Kier molecular flexibility index (Phi) is 4.62. The molecule has 3 heterocycles. The molecule has 6 heteroatoms. The van der Waals surface area contributed by atoms with E-state index in [0.29, 0.717) is 22.5 Å². The molecule has 1 amide bonds. The van der Waals surface area contributed by atoms with Gasteiger partial charge in [-0.1, -0.05) is 25.1 Å². The molecule has 30 heavy (non-hydrogen) atoms. The van der Waals surface area contributed by atoms with Crippen LogP contribution in [0.1, 0.15) is 43.0 Å². The van der Waals surface area contributed by atoms with E-state index in [4.69, 9.17) is 0 Å². The molecule has 0 radical (unpaired) electrons. The van der Waals surface area contributed by atoms with Crippen molar-refractivity contribution in [1.29, 1.82) is 0 Å². The zero-order valence-electron chi connectivity index (χ0n) is 17.0. The van der Waals surface area contributed by atoms with E-state index in [0.717, 1.165) is 42.4 Å². The van der Waals surface area contributed by atoms with Crippen molar-refractivity contribution >= 4 is 27.7 Å². The van der Waals surface area contributed by atoms with E-state index in [9.17, 15) is 9.59 Å². The van der Waals surface area contributed by atoms with Gasteiger partial charge in [-0.3, -0.25) is 19.7 Å². The molecule has 6 nitrogen and oxygen atoms in total. The number of nitrogens with one attached hydrogen (secondary N) is 1. The first-order valence-electron chi connectivity index (χ1n) is 10.6. The van der Waals surface area contributed by atoms with Crippen LogP contribution in [0.4, 0.5) is 0 Å². The molecule has 152 valence electrons. The number of pyridine rings is 1. The fourth-order valence-corrected chi connectivity index (χ4v) is 4.51. The summed E-state index contributed by atoms with van der Waals surface area (Å²) in [6, 6.07) is 15.3. The predicted molar refractivity (Wildman–Crippen MR) is 118 cm³/mol. The number of carbonyl (C=O) groups excluding carboxylic acids is 1. The van der Waals surface area contributed by atoms with Crippen LogP contribution in [0.15, 0.2) is 59.5 Å². The lowest BCUT2D eigenvalue weighted by molar-refractivity contribution is 0.0608. The Hall–Kier alpha value is -3.41. The zero-order valence-corrected chi connectivity index (χ0v) is 17.0. The van der Waals surface area contributed by atoms with Gasteiger partial charge < -0.3 is 4.90 Å². The van der Waals surface area contributed by atoms with Gasteiger partial charge in [0.1, 0.15) is 0 Å². The maximum Gasteiger partial charge on any atom is 0.280 e. The number of hydrogen-bond donors (Lipinski definition) is 1. The molecule has 2 aromatic carbocycles. The quantitative estimate of drug-likeness (QED) is 0.558. The molecule has 0 unspecified atom stereocenters. The first-order chi connectivity index (χ1) is 14.7. The molecule has 1 atom stereocenters. The first-order valence-corrected chi connectivity index (χ1v) is 10.6. The molecule has 1 aliphatic rings. The fraction of sp³-hybridized carbons (Fsp3) is 0.292. The van der Waals surface area contributed by atoms with Gasteiger partial charge in [-0.25, -0.2) is 4.68 Å². The SMILES string of the molecule is CC[C@H]1CCCCN1C(=O)c1ccc2ncc3c(=O)n(-c4ccccc4)[nH]c3c2c1. The van der Waals surface area contributed by atoms with E-state index < -0.39 is 0 Å². The van der Waals surface area contributed by atoms with Gasteiger partial charge in [-0.2, -0.15) is 0 Å². The molecule has 1 aliphatic heterocycles. The lowest BCUT2D eigenvalue weighted by Gasteiger charge is -2.35. The Bertz CT molecular complexity index is 1290. The molecular weight excluding hydrogens is 376 g/mol. The van der Waals surface area contributed by atoms with Gasteiger partial charge in [-0.05, 0) is 56.0 Å². The number of piperidine rings is 1. The Morgan fingerprint density at radius 1 is 1.13 bits per heavy atom. The number of para-hydroxylation sites is 1. The molecule has 5 rings (SSSR count). The van der Waals surface area contributed by atoms with E-state index >= 15 is 0 Å². The molecule has 0 aliphatic carbocycles. The summed E-state index contributed by atoms with van der Waals surface area (Å²) in [7, 11) is 0. The predicted octanol–water partition coefficient (Wildman–Crippen LogP) is 4.27. The third kappa shape index (κ3) is 3.00. The van der Waals surface area contributed by atoms with Crippen LogP contribution in [0, 0.1) is 0 Å². The second-order valence-electron chi connectivity index (χ2n) is 7.92. The van der Waals surface area contributed by atoms with Crippen molar-refractivity contribution in [2.24, 2.45) is 0 Å². The van der Waals surface area contributed by atoms with Crippen LogP contribution >= 0.6 is 0 Å². The molecule has 1 N–H and O–H groups in total. The van der Waals surface area contributed by atoms with Crippen molar-refractivity contribution in [2.45, 2.75) is 38.6 Å². The van der Waals surface area contributed by atoms with Gasteiger partial charge in [0.25, 0.3) is 11.5 Å². The van der Waals surface area contributed by atoms with E-state index in [-0.39, 0.29) is 11.5 Å². The summed E-state index contributed by atoms with van der Waals surface area (Å²) in [5.41, 5.74) is 2.72. The van der Waals surface area contributed by atoms with E-state index in [2.05, 4.69) is 17.0 Å². The minimum absolute atomic E-state index is 0.0605. The molecule has 1 fully saturated rings. The highest BCUT2D eigenvalue weighted by Gasteiger charge is 2.26. The molecule has 4 aromatic rings. The van der Waals surface area contributed by atoms with Crippen LogP contribution in [-0.2, 0) is 0 Å². The van der Waals surface area contributed by atoms with Gasteiger partial charge in [0.15, 0.2) is 0 Å². The summed E-state index contributed by atoms with van der Waals surface area (Å²) >= 11 is 0. The van der Waals surface area contributed by atoms with Gasteiger partial charge in [-0.15, -0.1) is 0 Å². The van der Waals surface area contributed by atoms with Gasteiger partial charge in [0.2, 0.25) is 0 Å². The van der Waals surface area contributed by atoms with E-state index in [1.54, 1.807) is 6.20 Å². The molecule has 0 bridgehead atoms.